The highest BCUT2D eigenvalue weighted by atomic mass is 32.1. The summed E-state index contributed by atoms with van der Waals surface area (Å²) in [6.07, 6.45) is 1.90. The van der Waals surface area contributed by atoms with Gasteiger partial charge < -0.3 is 4.74 Å². The van der Waals surface area contributed by atoms with Crippen molar-refractivity contribution in [3.05, 3.63) is 83.9 Å². The minimum Gasteiger partial charge on any atom is -0.497 e. The van der Waals surface area contributed by atoms with Gasteiger partial charge in [-0.15, -0.1) is 0 Å². The van der Waals surface area contributed by atoms with E-state index in [2.05, 4.69) is 9.97 Å². The fourth-order valence-corrected chi connectivity index (χ4v) is 3.94. The molecule has 0 N–H and O–H groups in total. The molecule has 0 radical (unpaired) electrons. The van der Waals surface area contributed by atoms with Gasteiger partial charge in [-0.2, -0.15) is 0 Å². The third-order valence-electron chi connectivity index (χ3n) is 4.43. The van der Waals surface area contributed by atoms with Crippen LogP contribution >= 0.6 is 11.3 Å². The zero-order valence-corrected chi connectivity index (χ0v) is 16.5. The van der Waals surface area contributed by atoms with Crippen LogP contribution < -0.4 is 9.64 Å². The topological polar surface area (TPSA) is 55.3 Å². The number of pyridine rings is 1. The number of nitrogens with zero attached hydrogens (tertiary/aromatic N) is 3. The second-order valence-corrected chi connectivity index (χ2v) is 7.44. The van der Waals surface area contributed by atoms with Crippen LogP contribution in [0.3, 0.4) is 0 Å². The molecule has 0 aliphatic heterocycles. The number of rotatable bonds is 6. The van der Waals surface area contributed by atoms with E-state index in [0.29, 0.717) is 15.3 Å². The number of methoxy groups -OCH3 is 1. The third-order valence-corrected chi connectivity index (χ3v) is 5.47. The molecule has 2 aromatic carbocycles. The molecular weight excluding hydrogens is 389 g/mol. The number of halogens is 1. The highest BCUT2D eigenvalue weighted by Gasteiger charge is 2.21. The number of hydrogen-bond acceptors (Lipinski definition) is 5. The lowest BCUT2D eigenvalue weighted by atomic mass is 10.1. The molecule has 0 unspecified atom stereocenters. The number of anilines is 1. The minimum absolute atomic E-state index is 0.111. The number of amides is 1. The van der Waals surface area contributed by atoms with Crippen LogP contribution in [0.1, 0.15) is 11.3 Å². The molecule has 0 bridgehead atoms. The molecule has 1 amide bonds. The summed E-state index contributed by atoms with van der Waals surface area (Å²) in [5, 5.41) is 0.523. The molecule has 2 heterocycles. The van der Waals surface area contributed by atoms with Gasteiger partial charge in [-0.25, -0.2) is 9.37 Å². The largest absolute Gasteiger partial charge is 0.497 e. The van der Waals surface area contributed by atoms with Gasteiger partial charge in [0, 0.05) is 6.20 Å². The average Bonchev–Trinajstić information content (AvgIpc) is 3.16. The Balaban J connectivity index is 1.65. The van der Waals surface area contributed by atoms with Crippen molar-refractivity contribution in [3.8, 4) is 5.75 Å². The van der Waals surface area contributed by atoms with Gasteiger partial charge in [0.25, 0.3) is 0 Å². The normalized spacial score (nSPS) is 10.8. The van der Waals surface area contributed by atoms with E-state index in [4.69, 9.17) is 4.74 Å². The van der Waals surface area contributed by atoms with Crippen molar-refractivity contribution >= 4 is 32.6 Å². The van der Waals surface area contributed by atoms with Crippen LogP contribution in [0.25, 0.3) is 10.2 Å². The van der Waals surface area contributed by atoms with Crippen LogP contribution in [0.4, 0.5) is 9.52 Å². The average molecular weight is 407 g/mol. The molecular formula is C22H18FN3O2S. The Labute approximate surface area is 171 Å². The summed E-state index contributed by atoms with van der Waals surface area (Å²) >= 11 is 1.29. The first-order valence-corrected chi connectivity index (χ1v) is 9.83. The number of carbonyl (C=O) groups excluding carboxylic acids is 1. The molecule has 0 atom stereocenters. The SMILES string of the molecule is COc1ccc(CC(=O)N(Cc2ccccn2)c2nc3ccc(F)cc3s2)cc1. The Kier molecular flexibility index (Phi) is 5.48. The van der Waals surface area contributed by atoms with Gasteiger partial charge in [0.05, 0.1) is 36.0 Å². The number of hydrogen-bond donors (Lipinski definition) is 0. The van der Waals surface area contributed by atoms with E-state index in [0.717, 1.165) is 17.0 Å². The number of fused-ring (bicyclic) bond motifs is 1. The molecule has 4 rings (SSSR count). The lowest BCUT2D eigenvalue weighted by molar-refractivity contribution is -0.118. The maximum absolute atomic E-state index is 13.6. The van der Waals surface area contributed by atoms with Crippen molar-refractivity contribution in [1.29, 1.82) is 0 Å². The van der Waals surface area contributed by atoms with Crippen molar-refractivity contribution in [1.82, 2.24) is 9.97 Å². The van der Waals surface area contributed by atoms with Crippen molar-refractivity contribution in [2.45, 2.75) is 13.0 Å². The summed E-state index contributed by atoms with van der Waals surface area (Å²) in [5.74, 6) is 0.300. The molecule has 4 aromatic rings. The third kappa shape index (κ3) is 4.41. The van der Waals surface area contributed by atoms with Crippen LogP contribution in [0.2, 0.25) is 0 Å². The summed E-state index contributed by atoms with van der Waals surface area (Å²) in [6, 6.07) is 17.4. The van der Waals surface area contributed by atoms with Crippen LogP contribution in [-0.2, 0) is 17.8 Å². The van der Waals surface area contributed by atoms with Gasteiger partial charge >= 0.3 is 0 Å². The van der Waals surface area contributed by atoms with Gasteiger partial charge in [0.15, 0.2) is 5.13 Å². The highest BCUT2D eigenvalue weighted by Crippen LogP contribution is 2.30. The summed E-state index contributed by atoms with van der Waals surface area (Å²) < 4.78 is 19.4. The molecule has 2 aromatic heterocycles. The molecule has 146 valence electrons. The number of benzene rings is 2. The predicted molar refractivity (Wildman–Crippen MR) is 112 cm³/mol. The Hall–Kier alpha value is -3.32. The van der Waals surface area contributed by atoms with E-state index in [1.165, 1.54) is 23.5 Å². The Morgan fingerprint density at radius 3 is 2.69 bits per heavy atom. The van der Waals surface area contributed by atoms with Crippen LogP contribution in [0.5, 0.6) is 5.75 Å². The lowest BCUT2D eigenvalue weighted by Crippen LogP contribution is -2.32. The number of ether oxygens (including phenoxy) is 1. The number of carbonyl (C=O) groups is 1. The van der Waals surface area contributed by atoms with Gasteiger partial charge in [0.2, 0.25) is 5.91 Å². The van der Waals surface area contributed by atoms with E-state index in [1.807, 2.05) is 42.5 Å². The smallest absolute Gasteiger partial charge is 0.233 e. The van der Waals surface area contributed by atoms with Crippen molar-refractivity contribution in [2.75, 3.05) is 12.0 Å². The van der Waals surface area contributed by atoms with E-state index >= 15 is 0 Å². The molecule has 0 saturated heterocycles. The first-order chi connectivity index (χ1) is 14.1. The monoisotopic (exact) mass is 407 g/mol. The van der Waals surface area contributed by atoms with Crippen molar-refractivity contribution in [3.63, 3.8) is 0 Å². The zero-order valence-electron chi connectivity index (χ0n) is 15.7. The number of aromatic nitrogens is 2. The van der Waals surface area contributed by atoms with E-state index in [-0.39, 0.29) is 24.7 Å². The maximum Gasteiger partial charge on any atom is 0.233 e. The van der Waals surface area contributed by atoms with Crippen LogP contribution in [0, 0.1) is 5.82 Å². The predicted octanol–water partition coefficient (Wildman–Crippen LogP) is 4.61. The minimum atomic E-state index is -0.325. The second-order valence-electron chi connectivity index (χ2n) is 6.43. The maximum atomic E-state index is 13.6. The Morgan fingerprint density at radius 1 is 1.14 bits per heavy atom. The van der Waals surface area contributed by atoms with Gasteiger partial charge in [-0.1, -0.05) is 29.5 Å². The molecule has 5 nitrogen and oxygen atoms in total. The van der Waals surface area contributed by atoms with Crippen LogP contribution in [-0.4, -0.2) is 23.0 Å². The second kappa shape index (κ2) is 8.36. The highest BCUT2D eigenvalue weighted by molar-refractivity contribution is 7.22. The van der Waals surface area contributed by atoms with Crippen molar-refractivity contribution in [2.24, 2.45) is 0 Å². The van der Waals surface area contributed by atoms with Crippen molar-refractivity contribution < 1.29 is 13.9 Å². The summed E-state index contributed by atoms with van der Waals surface area (Å²) in [7, 11) is 1.60. The first-order valence-electron chi connectivity index (χ1n) is 9.01. The summed E-state index contributed by atoms with van der Waals surface area (Å²) in [6.45, 7) is 0.290. The molecule has 29 heavy (non-hydrogen) atoms. The van der Waals surface area contributed by atoms with Crippen LogP contribution in [0.15, 0.2) is 66.9 Å². The molecule has 7 heteroatoms. The van der Waals surface area contributed by atoms with E-state index < -0.39 is 0 Å². The molecule has 0 saturated carbocycles. The molecule has 0 spiro atoms. The van der Waals surface area contributed by atoms with Gasteiger partial charge in [0.1, 0.15) is 11.6 Å². The fourth-order valence-electron chi connectivity index (χ4n) is 2.93. The Bertz CT molecular complexity index is 1130. The Morgan fingerprint density at radius 2 is 1.97 bits per heavy atom. The summed E-state index contributed by atoms with van der Waals surface area (Å²) in [4.78, 5) is 23.7. The van der Waals surface area contributed by atoms with Gasteiger partial charge in [-0.05, 0) is 48.0 Å². The zero-order chi connectivity index (χ0) is 20.2. The van der Waals surface area contributed by atoms with E-state index in [1.54, 1.807) is 24.3 Å². The fraction of sp³-hybridized carbons (Fsp3) is 0.136. The quantitative estimate of drug-likeness (QED) is 0.468. The van der Waals surface area contributed by atoms with E-state index in [9.17, 15) is 9.18 Å². The summed E-state index contributed by atoms with van der Waals surface area (Å²) in [5.41, 5.74) is 2.28. The number of thiazole rings is 1. The first kappa shape index (κ1) is 19.0. The molecule has 0 fully saturated rings. The van der Waals surface area contributed by atoms with Gasteiger partial charge in [-0.3, -0.25) is 14.7 Å². The standard InChI is InChI=1S/C22H18FN3O2S/c1-28-18-8-5-15(6-9-18)12-21(27)26(14-17-4-2-3-11-24-17)22-25-19-10-7-16(23)13-20(19)29-22/h2-11,13H,12,14H2,1H3. The molecule has 0 aliphatic carbocycles. The molecule has 0 aliphatic rings. The lowest BCUT2D eigenvalue weighted by Gasteiger charge is -2.19.